The predicted octanol–water partition coefficient (Wildman–Crippen LogP) is 2.29. The number of piperazine rings is 1. The normalized spacial score (nSPS) is 15.2. The molecule has 0 bridgehead atoms. The fraction of sp³-hybridized carbons (Fsp3) is 0.412. The number of carbonyl (C=O) groups is 1. The third-order valence-electron chi connectivity index (χ3n) is 4.46. The fourth-order valence-corrected chi connectivity index (χ4v) is 3.37. The van der Waals surface area contributed by atoms with E-state index in [1.54, 1.807) is 0 Å². The predicted molar refractivity (Wildman–Crippen MR) is 99.5 cm³/mol. The van der Waals surface area contributed by atoms with Crippen molar-refractivity contribution in [2.75, 3.05) is 26.2 Å². The average molecular weight is 422 g/mol. The molecule has 1 fully saturated rings. The average Bonchev–Trinajstić information content (AvgIpc) is 3.12. The maximum absolute atomic E-state index is 12.4. The smallest absolute Gasteiger partial charge is 0.306 e. The summed E-state index contributed by atoms with van der Waals surface area (Å²) in [4.78, 5) is 26.7. The third-order valence-corrected chi connectivity index (χ3v) is 5.24. The number of rotatable bonds is 6. The summed E-state index contributed by atoms with van der Waals surface area (Å²) in [7, 11) is 0. The molecule has 9 heteroatoms. The van der Waals surface area contributed by atoms with Gasteiger partial charge >= 0.3 is 5.69 Å². The maximum Gasteiger partial charge on any atom is 0.306 e. The Morgan fingerprint density at radius 3 is 2.62 bits per heavy atom. The highest BCUT2D eigenvalue weighted by Gasteiger charge is 2.21. The Labute approximate surface area is 159 Å². The van der Waals surface area contributed by atoms with Gasteiger partial charge in [0.2, 0.25) is 5.91 Å². The summed E-state index contributed by atoms with van der Waals surface area (Å²) in [5, 5.41) is 14.6. The summed E-state index contributed by atoms with van der Waals surface area (Å²) >= 11 is 3.57. The topological polar surface area (TPSA) is 84.5 Å². The lowest BCUT2D eigenvalue weighted by Crippen LogP contribution is -2.48. The van der Waals surface area contributed by atoms with Crippen LogP contribution < -0.4 is 0 Å². The monoisotopic (exact) mass is 421 g/mol. The van der Waals surface area contributed by atoms with Gasteiger partial charge in [0.15, 0.2) is 0 Å². The van der Waals surface area contributed by atoms with Crippen LogP contribution in [0.4, 0.5) is 5.69 Å². The van der Waals surface area contributed by atoms with Crippen LogP contribution in [-0.2, 0) is 17.9 Å². The lowest BCUT2D eigenvalue weighted by atomic mass is 10.2. The Balaban J connectivity index is 1.44. The minimum atomic E-state index is -0.490. The summed E-state index contributed by atoms with van der Waals surface area (Å²) in [6, 6.07) is 8.16. The van der Waals surface area contributed by atoms with Gasteiger partial charge in [-0.3, -0.25) is 24.5 Å². The summed E-state index contributed by atoms with van der Waals surface area (Å²) in [5.41, 5.74) is 1.19. The molecule has 2 aromatic rings. The van der Waals surface area contributed by atoms with E-state index in [1.807, 2.05) is 23.1 Å². The minimum absolute atomic E-state index is 0.0573. The number of aromatic nitrogens is 2. The molecule has 1 aliphatic rings. The Hall–Kier alpha value is -2.26. The molecule has 8 nitrogen and oxygen atoms in total. The number of nitro groups is 1. The second-order valence-corrected chi connectivity index (χ2v) is 7.07. The molecule has 138 valence electrons. The van der Waals surface area contributed by atoms with Crippen molar-refractivity contribution in [3.63, 3.8) is 0 Å². The van der Waals surface area contributed by atoms with E-state index >= 15 is 0 Å². The molecule has 0 saturated carbocycles. The van der Waals surface area contributed by atoms with Crippen LogP contribution in [0.2, 0.25) is 0 Å². The van der Waals surface area contributed by atoms with E-state index in [9.17, 15) is 14.9 Å². The van der Waals surface area contributed by atoms with Crippen LogP contribution in [0.5, 0.6) is 0 Å². The van der Waals surface area contributed by atoms with Crippen LogP contribution in [0, 0.1) is 10.1 Å². The van der Waals surface area contributed by atoms with Crippen LogP contribution in [0.15, 0.2) is 41.1 Å². The second kappa shape index (κ2) is 8.41. The van der Waals surface area contributed by atoms with Crippen LogP contribution in [0.1, 0.15) is 12.0 Å². The van der Waals surface area contributed by atoms with Gasteiger partial charge in [-0.05, 0) is 11.6 Å². The van der Waals surface area contributed by atoms with Gasteiger partial charge in [-0.15, -0.1) is 0 Å². The molecular weight excluding hydrogens is 402 g/mol. The molecule has 0 N–H and O–H groups in total. The molecule has 3 rings (SSSR count). The Morgan fingerprint density at radius 2 is 1.96 bits per heavy atom. The van der Waals surface area contributed by atoms with Crippen molar-refractivity contribution >= 4 is 27.5 Å². The zero-order valence-corrected chi connectivity index (χ0v) is 15.8. The first-order valence-corrected chi connectivity index (χ1v) is 9.22. The van der Waals surface area contributed by atoms with Gasteiger partial charge in [-0.25, -0.2) is 0 Å². The number of hydrogen-bond acceptors (Lipinski definition) is 5. The first-order valence-electron chi connectivity index (χ1n) is 8.43. The Bertz CT molecular complexity index is 786. The first-order chi connectivity index (χ1) is 12.5. The standard InChI is InChI=1S/C17H20BrN5O3/c18-16-4-2-1-3-14(16)12-20-7-9-21(10-8-20)17(24)5-6-22-13-15(11-19-22)23(25)26/h1-4,11,13H,5-10,12H2. The highest BCUT2D eigenvalue weighted by atomic mass is 79.9. The molecule has 1 aliphatic heterocycles. The van der Waals surface area contributed by atoms with E-state index < -0.39 is 4.92 Å². The van der Waals surface area contributed by atoms with Crippen LogP contribution in [-0.4, -0.2) is 56.6 Å². The van der Waals surface area contributed by atoms with Gasteiger partial charge in [-0.1, -0.05) is 34.1 Å². The lowest BCUT2D eigenvalue weighted by molar-refractivity contribution is -0.385. The van der Waals surface area contributed by atoms with Crippen LogP contribution >= 0.6 is 15.9 Å². The van der Waals surface area contributed by atoms with E-state index in [2.05, 4.69) is 32.0 Å². The van der Waals surface area contributed by atoms with E-state index in [0.29, 0.717) is 26.1 Å². The molecular formula is C17H20BrN5O3. The van der Waals surface area contributed by atoms with Gasteiger partial charge in [0, 0.05) is 50.2 Å². The van der Waals surface area contributed by atoms with Crippen LogP contribution in [0.3, 0.4) is 0 Å². The van der Waals surface area contributed by atoms with Gasteiger partial charge in [-0.2, -0.15) is 5.10 Å². The molecule has 1 amide bonds. The minimum Gasteiger partial charge on any atom is -0.340 e. The molecule has 26 heavy (non-hydrogen) atoms. The Morgan fingerprint density at radius 1 is 1.23 bits per heavy atom. The molecule has 0 aliphatic carbocycles. The summed E-state index contributed by atoms with van der Waals surface area (Å²) in [5.74, 6) is 0.0590. The summed E-state index contributed by atoms with van der Waals surface area (Å²) < 4.78 is 2.55. The summed E-state index contributed by atoms with van der Waals surface area (Å²) in [6.07, 6.45) is 2.84. The van der Waals surface area contributed by atoms with Gasteiger partial charge < -0.3 is 4.90 Å². The maximum atomic E-state index is 12.4. The highest BCUT2D eigenvalue weighted by Crippen LogP contribution is 2.18. The number of nitrogens with zero attached hydrogens (tertiary/aromatic N) is 5. The molecule has 2 heterocycles. The van der Waals surface area contributed by atoms with E-state index in [1.165, 1.54) is 22.6 Å². The SMILES string of the molecule is O=C(CCn1cc([N+](=O)[O-])cn1)N1CCN(Cc2ccccc2Br)CC1. The number of aryl methyl sites for hydroxylation is 1. The van der Waals surface area contributed by atoms with Gasteiger partial charge in [0.1, 0.15) is 12.4 Å². The molecule has 0 unspecified atom stereocenters. The van der Waals surface area contributed by atoms with E-state index in [0.717, 1.165) is 24.1 Å². The zero-order valence-electron chi connectivity index (χ0n) is 14.3. The molecule has 0 radical (unpaired) electrons. The molecule has 1 aromatic carbocycles. The van der Waals surface area contributed by atoms with Crippen molar-refractivity contribution in [3.05, 3.63) is 56.8 Å². The van der Waals surface area contributed by atoms with Crippen LogP contribution in [0.25, 0.3) is 0 Å². The number of benzene rings is 1. The number of hydrogen-bond donors (Lipinski definition) is 0. The molecule has 1 saturated heterocycles. The third kappa shape index (κ3) is 4.67. The molecule has 0 spiro atoms. The summed E-state index contributed by atoms with van der Waals surface area (Å²) in [6.45, 7) is 4.27. The zero-order chi connectivity index (χ0) is 18.5. The number of halogens is 1. The number of carbonyl (C=O) groups excluding carboxylic acids is 1. The lowest BCUT2D eigenvalue weighted by Gasteiger charge is -2.35. The first kappa shape index (κ1) is 18.5. The highest BCUT2D eigenvalue weighted by molar-refractivity contribution is 9.10. The van der Waals surface area contributed by atoms with Crippen molar-refractivity contribution < 1.29 is 9.72 Å². The Kier molecular flexibility index (Phi) is 6.00. The van der Waals surface area contributed by atoms with Crippen molar-refractivity contribution in [2.45, 2.75) is 19.5 Å². The molecule has 1 aromatic heterocycles. The van der Waals surface area contributed by atoms with Crippen molar-refractivity contribution in [3.8, 4) is 0 Å². The van der Waals surface area contributed by atoms with E-state index in [-0.39, 0.29) is 11.6 Å². The van der Waals surface area contributed by atoms with Crippen molar-refractivity contribution in [1.29, 1.82) is 0 Å². The largest absolute Gasteiger partial charge is 0.340 e. The quantitative estimate of drug-likeness (QED) is 0.527. The van der Waals surface area contributed by atoms with Crippen molar-refractivity contribution in [2.24, 2.45) is 0 Å². The molecule has 0 atom stereocenters. The van der Waals surface area contributed by atoms with Crippen molar-refractivity contribution in [1.82, 2.24) is 19.6 Å². The van der Waals surface area contributed by atoms with Gasteiger partial charge in [0.05, 0.1) is 4.92 Å². The fourth-order valence-electron chi connectivity index (χ4n) is 2.96. The second-order valence-electron chi connectivity index (χ2n) is 6.22. The van der Waals surface area contributed by atoms with Gasteiger partial charge in [0.25, 0.3) is 0 Å². The van der Waals surface area contributed by atoms with E-state index in [4.69, 9.17) is 0 Å². The number of amides is 1.